The van der Waals surface area contributed by atoms with Gasteiger partial charge in [0.25, 0.3) is 0 Å². The van der Waals surface area contributed by atoms with Crippen molar-refractivity contribution >= 4 is 11.6 Å². The van der Waals surface area contributed by atoms with E-state index in [1.54, 1.807) is 12.1 Å². The van der Waals surface area contributed by atoms with Gasteiger partial charge >= 0.3 is 0 Å². The zero-order valence-electron chi connectivity index (χ0n) is 10.9. The van der Waals surface area contributed by atoms with Crippen LogP contribution in [0.15, 0.2) is 36.4 Å². The van der Waals surface area contributed by atoms with Gasteiger partial charge in [0.2, 0.25) is 0 Å². The minimum atomic E-state index is -0.665. The summed E-state index contributed by atoms with van der Waals surface area (Å²) in [6.07, 6.45) is -0.880. The summed E-state index contributed by atoms with van der Waals surface area (Å²) in [4.78, 5) is 0. The largest absolute Gasteiger partial charge is 0.485 e. The Morgan fingerprint density at radius 1 is 1.25 bits per heavy atom. The van der Waals surface area contributed by atoms with E-state index < -0.39 is 18.0 Å². The van der Waals surface area contributed by atoms with Gasteiger partial charge in [-0.3, -0.25) is 0 Å². The van der Waals surface area contributed by atoms with Crippen LogP contribution < -0.4 is 4.74 Å². The first-order chi connectivity index (χ1) is 9.56. The molecule has 0 saturated heterocycles. The summed E-state index contributed by atoms with van der Waals surface area (Å²) in [7, 11) is 0. The van der Waals surface area contributed by atoms with Gasteiger partial charge in [0, 0.05) is 17.5 Å². The highest BCUT2D eigenvalue weighted by Crippen LogP contribution is 2.42. The molecule has 4 heteroatoms. The summed E-state index contributed by atoms with van der Waals surface area (Å²) in [6.45, 7) is 1.95. The quantitative estimate of drug-likeness (QED) is 0.847. The third-order valence-corrected chi connectivity index (χ3v) is 3.85. The summed E-state index contributed by atoms with van der Waals surface area (Å²) in [5, 5.41) is 10.3. The van der Waals surface area contributed by atoms with Crippen molar-refractivity contribution in [3.63, 3.8) is 0 Å². The molecule has 0 radical (unpaired) electrons. The van der Waals surface area contributed by atoms with Crippen molar-refractivity contribution in [3.8, 4) is 5.75 Å². The maximum atomic E-state index is 14.1. The van der Waals surface area contributed by atoms with Crippen molar-refractivity contribution in [2.24, 2.45) is 0 Å². The monoisotopic (exact) mass is 292 g/mol. The number of hydrogen-bond donors (Lipinski definition) is 1. The van der Waals surface area contributed by atoms with Gasteiger partial charge in [0.15, 0.2) is 0 Å². The Hall–Kier alpha value is -1.58. The molecule has 2 nitrogen and oxygen atoms in total. The molecule has 0 aromatic heterocycles. The van der Waals surface area contributed by atoms with E-state index in [1.807, 2.05) is 25.1 Å². The van der Waals surface area contributed by atoms with E-state index in [0.717, 1.165) is 11.1 Å². The SMILES string of the molecule is Cc1ccc2c(c1)C(O)CC(c1cccc(Cl)c1F)O2. The first-order valence-corrected chi connectivity index (χ1v) is 6.83. The molecule has 1 aliphatic heterocycles. The summed E-state index contributed by atoms with van der Waals surface area (Å²) < 4.78 is 19.9. The Kier molecular flexibility index (Phi) is 3.40. The third kappa shape index (κ3) is 2.28. The highest BCUT2D eigenvalue weighted by molar-refractivity contribution is 6.30. The predicted octanol–water partition coefficient (Wildman–Crippen LogP) is 4.34. The van der Waals surface area contributed by atoms with Crippen molar-refractivity contribution in [3.05, 3.63) is 63.9 Å². The van der Waals surface area contributed by atoms with Crippen LogP contribution in [0.3, 0.4) is 0 Å². The van der Waals surface area contributed by atoms with Crippen LogP contribution in [0, 0.1) is 12.7 Å². The van der Waals surface area contributed by atoms with Crippen molar-refractivity contribution in [1.29, 1.82) is 0 Å². The van der Waals surface area contributed by atoms with Crippen molar-refractivity contribution < 1.29 is 14.2 Å². The van der Waals surface area contributed by atoms with Crippen LogP contribution in [0.5, 0.6) is 5.75 Å². The van der Waals surface area contributed by atoms with E-state index in [2.05, 4.69) is 0 Å². The molecule has 1 aliphatic rings. The van der Waals surface area contributed by atoms with Crippen LogP contribution >= 0.6 is 11.6 Å². The summed E-state index contributed by atoms with van der Waals surface area (Å²) in [5.41, 5.74) is 2.19. The highest BCUT2D eigenvalue weighted by Gasteiger charge is 2.30. The molecule has 1 heterocycles. The lowest BCUT2D eigenvalue weighted by Gasteiger charge is -2.30. The average Bonchev–Trinajstić information content (AvgIpc) is 2.42. The van der Waals surface area contributed by atoms with Gasteiger partial charge < -0.3 is 9.84 Å². The van der Waals surface area contributed by atoms with Gasteiger partial charge in [-0.25, -0.2) is 4.39 Å². The minimum absolute atomic E-state index is 0.0651. The Morgan fingerprint density at radius 3 is 2.85 bits per heavy atom. The second-order valence-corrected chi connectivity index (χ2v) is 5.45. The number of aryl methyl sites for hydroxylation is 1. The first-order valence-electron chi connectivity index (χ1n) is 6.45. The molecule has 0 bridgehead atoms. The predicted molar refractivity (Wildman–Crippen MR) is 75.5 cm³/mol. The lowest BCUT2D eigenvalue weighted by Crippen LogP contribution is -2.20. The van der Waals surface area contributed by atoms with Gasteiger partial charge in [-0.2, -0.15) is 0 Å². The summed E-state index contributed by atoms with van der Waals surface area (Å²) in [6, 6.07) is 10.4. The van der Waals surface area contributed by atoms with Crippen molar-refractivity contribution in [2.75, 3.05) is 0 Å². The van der Waals surface area contributed by atoms with E-state index in [4.69, 9.17) is 16.3 Å². The molecule has 0 saturated carbocycles. The van der Waals surface area contributed by atoms with E-state index in [0.29, 0.717) is 17.7 Å². The molecule has 0 spiro atoms. The zero-order valence-corrected chi connectivity index (χ0v) is 11.7. The number of ether oxygens (including phenoxy) is 1. The maximum absolute atomic E-state index is 14.1. The number of halogens is 2. The second kappa shape index (κ2) is 5.08. The maximum Gasteiger partial charge on any atom is 0.148 e. The van der Waals surface area contributed by atoms with Crippen LogP contribution in [-0.2, 0) is 0 Å². The Labute approximate surface area is 121 Å². The van der Waals surface area contributed by atoms with Crippen molar-refractivity contribution in [1.82, 2.24) is 0 Å². The molecule has 2 atom stereocenters. The van der Waals surface area contributed by atoms with E-state index >= 15 is 0 Å². The third-order valence-electron chi connectivity index (χ3n) is 3.56. The van der Waals surface area contributed by atoms with Crippen LogP contribution in [0.2, 0.25) is 5.02 Å². The average molecular weight is 293 g/mol. The molecule has 1 N–H and O–H groups in total. The molecule has 20 heavy (non-hydrogen) atoms. The first kappa shape index (κ1) is 13.4. The normalized spacial score (nSPS) is 21.2. The van der Waals surface area contributed by atoms with Crippen LogP contribution in [-0.4, -0.2) is 5.11 Å². The topological polar surface area (TPSA) is 29.5 Å². The molecule has 3 rings (SSSR count). The van der Waals surface area contributed by atoms with Gasteiger partial charge in [-0.05, 0) is 25.1 Å². The molecule has 2 aromatic carbocycles. The number of fused-ring (bicyclic) bond motifs is 1. The Balaban J connectivity index is 1.99. The van der Waals surface area contributed by atoms with Gasteiger partial charge in [0.1, 0.15) is 17.7 Å². The number of benzene rings is 2. The molecule has 2 aromatic rings. The standard InChI is InChI=1S/C16H14ClFO2/c1-9-5-6-14-11(7-9)13(19)8-15(20-14)10-3-2-4-12(17)16(10)18/h2-7,13,15,19H,8H2,1H3. The minimum Gasteiger partial charge on any atom is -0.485 e. The van der Waals surface area contributed by atoms with E-state index in [9.17, 15) is 9.50 Å². The van der Waals surface area contributed by atoms with Gasteiger partial charge in [-0.15, -0.1) is 0 Å². The van der Waals surface area contributed by atoms with Gasteiger partial charge in [-0.1, -0.05) is 35.4 Å². The Morgan fingerprint density at radius 2 is 2.05 bits per heavy atom. The molecule has 0 amide bonds. The molecular formula is C16H14ClFO2. The Bertz CT molecular complexity index is 657. The van der Waals surface area contributed by atoms with Gasteiger partial charge in [0.05, 0.1) is 11.1 Å². The molecular weight excluding hydrogens is 279 g/mol. The lowest BCUT2D eigenvalue weighted by molar-refractivity contribution is 0.0640. The summed E-state index contributed by atoms with van der Waals surface area (Å²) in [5.74, 6) is 0.112. The van der Waals surface area contributed by atoms with Crippen molar-refractivity contribution in [2.45, 2.75) is 25.6 Å². The smallest absolute Gasteiger partial charge is 0.148 e. The van der Waals surface area contributed by atoms with E-state index in [-0.39, 0.29) is 5.02 Å². The fourth-order valence-electron chi connectivity index (χ4n) is 2.53. The fraction of sp³-hybridized carbons (Fsp3) is 0.250. The fourth-order valence-corrected chi connectivity index (χ4v) is 2.71. The lowest BCUT2D eigenvalue weighted by atomic mass is 9.94. The second-order valence-electron chi connectivity index (χ2n) is 5.04. The highest BCUT2D eigenvalue weighted by atomic mass is 35.5. The van der Waals surface area contributed by atoms with Crippen LogP contribution in [0.25, 0.3) is 0 Å². The summed E-state index contributed by atoms with van der Waals surface area (Å²) >= 11 is 5.80. The zero-order chi connectivity index (χ0) is 14.3. The number of rotatable bonds is 1. The number of hydrogen-bond acceptors (Lipinski definition) is 2. The van der Waals surface area contributed by atoms with E-state index in [1.165, 1.54) is 6.07 Å². The number of aliphatic hydroxyl groups excluding tert-OH is 1. The van der Waals surface area contributed by atoms with Crippen LogP contribution in [0.4, 0.5) is 4.39 Å². The number of aliphatic hydroxyl groups is 1. The molecule has 0 aliphatic carbocycles. The molecule has 104 valence electrons. The molecule has 0 fully saturated rings. The van der Waals surface area contributed by atoms with Crippen LogP contribution in [0.1, 0.15) is 35.3 Å². The molecule has 2 unspecified atom stereocenters.